The van der Waals surface area contributed by atoms with Crippen LogP contribution >= 0.6 is 11.6 Å². The molecule has 4 nitrogen and oxygen atoms in total. The van der Waals surface area contributed by atoms with Crippen molar-refractivity contribution in [2.45, 2.75) is 0 Å². The van der Waals surface area contributed by atoms with Crippen molar-refractivity contribution in [3.63, 3.8) is 0 Å². The highest BCUT2D eigenvalue weighted by Crippen LogP contribution is 2.24. The molecule has 2 N–H and O–H groups in total. The summed E-state index contributed by atoms with van der Waals surface area (Å²) in [4.78, 5) is 8.38. The number of fused-ring (bicyclic) bond motifs is 1. The molecule has 5 heteroatoms. The lowest BCUT2D eigenvalue weighted by molar-refractivity contribution is 0.608. The number of nitrogens with two attached hydrogens (primary N) is 1. The van der Waals surface area contributed by atoms with Crippen LogP contribution in [0.4, 0.5) is 5.69 Å². The monoisotopic (exact) mass is 245 g/mol. The average molecular weight is 246 g/mol. The number of oxazole rings is 1. The lowest BCUT2D eigenvalue weighted by Gasteiger charge is -1.95. The van der Waals surface area contributed by atoms with E-state index in [0.29, 0.717) is 27.8 Å². The molecule has 1 aromatic carbocycles. The van der Waals surface area contributed by atoms with Crippen molar-refractivity contribution in [1.82, 2.24) is 9.97 Å². The van der Waals surface area contributed by atoms with E-state index < -0.39 is 0 Å². The fourth-order valence-corrected chi connectivity index (χ4v) is 1.70. The molecule has 0 fully saturated rings. The number of aromatic nitrogens is 2. The van der Waals surface area contributed by atoms with Gasteiger partial charge in [0.1, 0.15) is 5.52 Å². The molecule has 2 heterocycles. The number of nitrogen functional groups attached to an aromatic ring is 1. The topological polar surface area (TPSA) is 64.9 Å². The zero-order chi connectivity index (χ0) is 11.8. The van der Waals surface area contributed by atoms with E-state index in [9.17, 15) is 0 Å². The molecule has 3 aromatic rings. The van der Waals surface area contributed by atoms with Gasteiger partial charge >= 0.3 is 0 Å². The van der Waals surface area contributed by atoms with E-state index >= 15 is 0 Å². The Labute approximate surface area is 102 Å². The molecule has 0 amide bonds. The van der Waals surface area contributed by atoms with E-state index in [1.807, 2.05) is 12.1 Å². The first-order chi connectivity index (χ1) is 8.22. The van der Waals surface area contributed by atoms with E-state index in [1.165, 1.54) is 6.20 Å². The smallest absolute Gasteiger partial charge is 0.247 e. The molecule has 0 atom stereocenters. The number of halogens is 1. The molecule has 0 aliphatic carbocycles. The highest BCUT2D eigenvalue weighted by atomic mass is 35.5. The summed E-state index contributed by atoms with van der Waals surface area (Å²) in [5, 5.41) is 0.537. The minimum atomic E-state index is 0.473. The molecule has 3 rings (SSSR count). The van der Waals surface area contributed by atoms with Gasteiger partial charge in [0.25, 0.3) is 0 Å². The summed E-state index contributed by atoms with van der Waals surface area (Å²) >= 11 is 5.83. The molecule has 0 saturated carbocycles. The van der Waals surface area contributed by atoms with Gasteiger partial charge in [-0.05, 0) is 30.3 Å². The second kappa shape index (κ2) is 3.75. The third-order valence-electron chi connectivity index (χ3n) is 2.37. The number of benzene rings is 1. The molecule has 0 spiro atoms. The molecule has 2 aromatic heterocycles. The standard InChI is InChI=1S/C12H8ClN3O/c13-8-5-10-12(15-6-8)17-11(16-10)7-1-3-9(14)4-2-7/h1-6H,14H2. The van der Waals surface area contributed by atoms with Crippen molar-refractivity contribution in [1.29, 1.82) is 0 Å². The zero-order valence-electron chi connectivity index (χ0n) is 8.72. The fourth-order valence-electron chi connectivity index (χ4n) is 1.55. The van der Waals surface area contributed by atoms with Crippen molar-refractivity contribution in [2.75, 3.05) is 5.73 Å². The number of pyridine rings is 1. The number of rotatable bonds is 1. The third-order valence-corrected chi connectivity index (χ3v) is 2.58. The Morgan fingerprint density at radius 2 is 1.94 bits per heavy atom. The number of hydrogen-bond acceptors (Lipinski definition) is 4. The average Bonchev–Trinajstić information content (AvgIpc) is 2.72. The Bertz CT molecular complexity index is 676. The van der Waals surface area contributed by atoms with Gasteiger partial charge in [-0.1, -0.05) is 11.6 Å². The molecule has 17 heavy (non-hydrogen) atoms. The lowest BCUT2D eigenvalue weighted by atomic mass is 10.2. The van der Waals surface area contributed by atoms with E-state index in [-0.39, 0.29) is 0 Å². The SMILES string of the molecule is Nc1ccc(-c2nc3cc(Cl)cnc3o2)cc1. The molecular formula is C12H8ClN3O. The van der Waals surface area contributed by atoms with Gasteiger partial charge in [0.15, 0.2) is 0 Å². The van der Waals surface area contributed by atoms with Crippen molar-refractivity contribution < 1.29 is 4.42 Å². The normalized spacial score (nSPS) is 10.9. The van der Waals surface area contributed by atoms with Gasteiger partial charge in [-0.2, -0.15) is 0 Å². The molecule has 0 saturated heterocycles. The van der Waals surface area contributed by atoms with Gasteiger partial charge < -0.3 is 10.2 Å². The van der Waals surface area contributed by atoms with Crippen LogP contribution in [0.1, 0.15) is 0 Å². The van der Waals surface area contributed by atoms with Crippen LogP contribution in [0.5, 0.6) is 0 Å². The predicted octanol–water partition coefficient (Wildman–Crippen LogP) is 3.13. The Hall–Kier alpha value is -2.07. The minimum Gasteiger partial charge on any atom is -0.418 e. The van der Waals surface area contributed by atoms with Crippen LogP contribution in [0.2, 0.25) is 5.02 Å². The highest BCUT2D eigenvalue weighted by molar-refractivity contribution is 6.30. The number of hydrogen-bond donors (Lipinski definition) is 1. The molecular weight excluding hydrogens is 238 g/mol. The van der Waals surface area contributed by atoms with Crippen molar-refractivity contribution >= 4 is 28.5 Å². The van der Waals surface area contributed by atoms with Gasteiger partial charge in [-0.3, -0.25) is 0 Å². The molecule has 0 bridgehead atoms. The molecule has 0 radical (unpaired) electrons. The van der Waals surface area contributed by atoms with E-state index in [4.69, 9.17) is 21.8 Å². The number of anilines is 1. The maximum absolute atomic E-state index is 5.83. The summed E-state index contributed by atoms with van der Waals surface area (Å²) in [7, 11) is 0. The van der Waals surface area contributed by atoms with Crippen LogP contribution in [0.25, 0.3) is 22.7 Å². The Morgan fingerprint density at radius 1 is 1.18 bits per heavy atom. The van der Waals surface area contributed by atoms with Gasteiger partial charge in [0.05, 0.1) is 5.02 Å². The summed E-state index contributed by atoms with van der Waals surface area (Å²) in [6.45, 7) is 0. The quantitative estimate of drug-likeness (QED) is 0.669. The predicted molar refractivity (Wildman–Crippen MR) is 66.7 cm³/mol. The molecule has 84 valence electrons. The van der Waals surface area contributed by atoms with Crippen molar-refractivity contribution in [2.24, 2.45) is 0 Å². The lowest BCUT2D eigenvalue weighted by Crippen LogP contribution is -1.83. The Morgan fingerprint density at radius 3 is 2.71 bits per heavy atom. The molecule has 0 unspecified atom stereocenters. The summed E-state index contributed by atoms with van der Waals surface area (Å²) in [5.41, 5.74) is 8.29. The van der Waals surface area contributed by atoms with Crippen LogP contribution < -0.4 is 5.73 Å². The minimum absolute atomic E-state index is 0.473. The van der Waals surface area contributed by atoms with Crippen LogP contribution in [0.3, 0.4) is 0 Å². The summed E-state index contributed by atoms with van der Waals surface area (Å²) in [5.74, 6) is 0.509. The van der Waals surface area contributed by atoms with E-state index in [2.05, 4.69) is 9.97 Å². The largest absolute Gasteiger partial charge is 0.418 e. The second-order valence-corrected chi connectivity index (χ2v) is 4.06. The maximum Gasteiger partial charge on any atom is 0.247 e. The second-order valence-electron chi connectivity index (χ2n) is 3.62. The zero-order valence-corrected chi connectivity index (χ0v) is 9.48. The van der Waals surface area contributed by atoms with Gasteiger partial charge in [-0.25, -0.2) is 9.97 Å². The first kappa shape index (κ1) is 10.1. The van der Waals surface area contributed by atoms with Crippen LogP contribution in [-0.4, -0.2) is 9.97 Å². The van der Waals surface area contributed by atoms with Gasteiger partial charge in [0.2, 0.25) is 11.6 Å². The highest BCUT2D eigenvalue weighted by Gasteiger charge is 2.09. The van der Waals surface area contributed by atoms with Crippen LogP contribution in [0.15, 0.2) is 40.9 Å². The fraction of sp³-hybridized carbons (Fsp3) is 0. The first-order valence-corrected chi connectivity index (χ1v) is 5.38. The van der Waals surface area contributed by atoms with Crippen LogP contribution in [0, 0.1) is 0 Å². The Kier molecular flexibility index (Phi) is 2.23. The third kappa shape index (κ3) is 1.83. The summed E-state index contributed by atoms with van der Waals surface area (Å²) in [6.07, 6.45) is 1.53. The summed E-state index contributed by atoms with van der Waals surface area (Å²) in [6, 6.07) is 9.01. The number of nitrogens with zero attached hydrogens (tertiary/aromatic N) is 2. The first-order valence-electron chi connectivity index (χ1n) is 5.00. The van der Waals surface area contributed by atoms with Gasteiger partial charge in [-0.15, -0.1) is 0 Å². The van der Waals surface area contributed by atoms with Crippen LogP contribution in [-0.2, 0) is 0 Å². The van der Waals surface area contributed by atoms with Crippen molar-refractivity contribution in [3.8, 4) is 11.5 Å². The maximum atomic E-state index is 5.83. The van der Waals surface area contributed by atoms with E-state index in [1.54, 1.807) is 18.2 Å². The molecule has 0 aliphatic heterocycles. The molecule has 0 aliphatic rings. The van der Waals surface area contributed by atoms with Crippen molar-refractivity contribution in [3.05, 3.63) is 41.6 Å². The van der Waals surface area contributed by atoms with E-state index in [0.717, 1.165) is 5.56 Å². The Balaban J connectivity index is 2.14. The van der Waals surface area contributed by atoms with Gasteiger partial charge in [0, 0.05) is 17.4 Å². The summed E-state index contributed by atoms with van der Waals surface area (Å²) < 4.78 is 5.53.